The van der Waals surface area contributed by atoms with E-state index in [4.69, 9.17) is 21.1 Å². The van der Waals surface area contributed by atoms with Crippen molar-refractivity contribution in [3.05, 3.63) is 24.3 Å². The summed E-state index contributed by atoms with van der Waals surface area (Å²) in [5.41, 5.74) is 0.349. The zero-order chi connectivity index (χ0) is 13.3. The third-order valence-electron chi connectivity index (χ3n) is 4.70. The van der Waals surface area contributed by atoms with Crippen LogP contribution in [0, 0.1) is 17.3 Å². The number of hydrogen-bond acceptors (Lipinski definition) is 2. The van der Waals surface area contributed by atoms with Crippen LogP contribution in [0.5, 0.6) is 11.5 Å². The zero-order valence-electron chi connectivity index (χ0n) is 11.4. The molecule has 2 aliphatic rings. The molecule has 2 atom stereocenters. The van der Waals surface area contributed by atoms with Crippen molar-refractivity contribution in [3.8, 4) is 11.5 Å². The fraction of sp³-hybridized carbons (Fsp3) is 0.625. The van der Waals surface area contributed by atoms with Crippen LogP contribution in [-0.2, 0) is 0 Å². The number of fused-ring (bicyclic) bond motifs is 1. The average molecular weight is 281 g/mol. The summed E-state index contributed by atoms with van der Waals surface area (Å²) in [6.45, 7) is 0.762. The molecule has 0 N–H and O–H groups in total. The fourth-order valence-electron chi connectivity index (χ4n) is 3.44. The monoisotopic (exact) mass is 280 g/mol. The van der Waals surface area contributed by atoms with Gasteiger partial charge in [0.05, 0.1) is 13.7 Å². The summed E-state index contributed by atoms with van der Waals surface area (Å²) in [7, 11) is 1.67. The number of rotatable bonds is 6. The van der Waals surface area contributed by atoms with E-state index in [1.807, 2.05) is 24.3 Å². The van der Waals surface area contributed by atoms with Gasteiger partial charge in [-0.25, -0.2) is 0 Å². The molecular weight excluding hydrogens is 260 g/mol. The largest absolute Gasteiger partial charge is 0.497 e. The van der Waals surface area contributed by atoms with Crippen molar-refractivity contribution < 1.29 is 9.47 Å². The van der Waals surface area contributed by atoms with Crippen molar-refractivity contribution >= 4 is 11.6 Å². The Morgan fingerprint density at radius 3 is 2.37 bits per heavy atom. The van der Waals surface area contributed by atoms with E-state index in [0.717, 1.165) is 42.2 Å². The summed E-state index contributed by atoms with van der Waals surface area (Å²) in [5.74, 6) is 4.50. The van der Waals surface area contributed by atoms with Gasteiger partial charge in [0.1, 0.15) is 11.5 Å². The van der Waals surface area contributed by atoms with Crippen LogP contribution >= 0.6 is 11.6 Å². The van der Waals surface area contributed by atoms with E-state index in [2.05, 4.69) is 0 Å². The van der Waals surface area contributed by atoms with Crippen LogP contribution in [0.3, 0.4) is 0 Å². The van der Waals surface area contributed by atoms with Gasteiger partial charge in [-0.1, -0.05) is 0 Å². The normalized spacial score (nSPS) is 31.9. The van der Waals surface area contributed by atoms with Crippen molar-refractivity contribution in [1.29, 1.82) is 0 Å². The molecule has 2 aliphatic carbocycles. The van der Waals surface area contributed by atoms with Gasteiger partial charge in [0.15, 0.2) is 0 Å². The molecule has 104 valence electrons. The van der Waals surface area contributed by atoms with Crippen LogP contribution in [0.25, 0.3) is 0 Å². The molecule has 1 aromatic rings. The number of benzene rings is 1. The van der Waals surface area contributed by atoms with E-state index < -0.39 is 0 Å². The first kappa shape index (κ1) is 13.1. The van der Waals surface area contributed by atoms with E-state index in [0.29, 0.717) is 5.41 Å². The molecule has 0 saturated heterocycles. The zero-order valence-corrected chi connectivity index (χ0v) is 12.2. The van der Waals surface area contributed by atoms with E-state index in [9.17, 15) is 0 Å². The lowest BCUT2D eigenvalue weighted by atomic mass is 9.82. The van der Waals surface area contributed by atoms with Gasteiger partial charge in [0.2, 0.25) is 0 Å². The number of hydrogen-bond donors (Lipinski definition) is 0. The summed E-state index contributed by atoms with van der Waals surface area (Å²) in [6, 6.07) is 7.77. The van der Waals surface area contributed by atoms with Crippen LogP contribution in [0.1, 0.15) is 25.7 Å². The van der Waals surface area contributed by atoms with Gasteiger partial charge in [0.25, 0.3) is 0 Å². The molecule has 2 fully saturated rings. The quantitative estimate of drug-likeness (QED) is 0.730. The molecule has 0 heterocycles. The van der Waals surface area contributed by atoms with Gasteiger partial charge in [-0.05, 0) is 67.2 Å². The minimum Gasteiger partial charge on any atom is -0.497 e. The molecule has 2 nitrogen and oxygen atoms in total. The number of halogens is 1. The minimum absolute atomic E-state index is 0.349. The van der Waals surface area contributed by atoms with Crippen LogP contribution < -0.4 is 9.47 Å². The van der Waals surface area contributed by atoms with Crippen molar-refractivity contribution in [2.45, 2.75) is 25.7 Å². The molecule has 0 aromatic heterocycles. The van der Waals surface area contributed by atoms with Crippen LogP contribution in [0.2, 0.25) is 0 Å². The molecule has 19 heavy (non-hydrogen) atoms. The molecule has 0 radical (unpaired) electrons. The lowest BCUT2D eigenvalue weighted by Gasteiger charge is -2.28. The molecule has 0 aliphatic heterocycles. The van der Waals surface area contributed by atoms with Gasteiger partial charge in [0, 0.05) is 5.88 Å². The van der Waals surface area contributed by atoms with E-state index >= 15 is 0 Å². The van der Waals surface area contributed by atoms with Crippen molar-refractivity contribution in [3.63, 3.8) is 0 Å². The van der Waals surface area contributed by atoms with Crippen LogP contribution in [0.15, 0.2) is 24.3 Å². The molecule has 3 heteroatoms. The summed E-state index contributed by atoms with van der Waals surface area (Å²) in [5, 5.41) is 0. The Morgan fingerprint density at radius 1 is 1.16 bits per heavy atom. The van der Waals surface area contributed by atoms with Gasteiger partial charge in [-0.15, -0.1) is 11.6 Å². The highest BCUT2D eigenvalue weighted by Crippen LogP contribution is 2.61. The molecule has 0 bridgehead atoms. The predicted octanol–water partition coefficient (Wildman–Crippen LogP) is 4.12. The second-order valence-corrected chi connectivity index (χ2v) is 6.34. The molecule has 3 rings (SSSR count). The molecule has 2 saturated carbocycles. The third kappa shape index (κ3) is 2.84. The van der Waals surface area contributed by atoms with Crippen molar-refractivity contribution in [2.24, 2.45) is 17.3 Å². The highest BCUT2D eigenvalue weighted by molar-refractivity contribution is 6.18. The maximum atomic E-state index is 6.20. The standard InChI is InChI=1S/C16H21ClO2/c1-18-14-2-4-15(5-3-14)19-7-6-16(11-17)9-12-8-13(12)10-16/h2-5,12-13H,6-11H2,1H3. The molecule has 2 unspecified atom stereocenters. The second kappa shape index (κ2) is 5.24. The van der Waals surface area contributed by atoms with Gasteiger partial charge in [-0.3, -0.25) is 0 Å². The first-order valence-electron chi connectivity index (χ1n) is 7.07. The molecule has 0 amide bonds. The SMILES string of the molecule is COc1ccc(OCCC2(CCl)CC3CC3C2)cc1. The van der Waals surface area contributed by atoms with Crippen LogP contribution in [-0.4, -0.2) is 19.6 Å². The highest BCUT2D eigenvalue weighted by Gasteiger charge is 2.52. The lowest BCUT2D eigenvalue weighted by Crippen LogP contribution is -2.23. The number of alkyl halides is 1. The first-order chi connectivity index (χ1) is 9.24. The first-order valence-corrected chi connectivity index (χ1v) is 7.61. The lowest BCUT2D eigenvalue weighted by molar-refractivity contribution is 0.204. The summed E-state index contributed by atoms with van der Waals surface area (Å²) in [4.78, 5) is 0. The van der Waals surface area contributed by atoms with Crippen molar-refractivity contribution in [1.82, 2.24) is 0 Å². The van der Waals surface area contributed by atoms with Gasteiger partial charge in [-0.2, -0.15) is 0 Å². The predicted molar refractivity (Wildman–Crippen MR) is 77.1 cm³/mol. The number of ether oxygens (including phenoxy) is 2. The summed E-state index contributed by atoms with van der Waals surface area (Å²) < 4.78 is 11.0. The Kier molecular flexibility index (Phi) is 3.62. The van der Waals surface area contributed by atoms with Crippen LogP contribution in [0.4, 0.5) is 0 Å². The highest BCUT2D eigenvalue weighted by atomic mass is 35.5. The summed E-state index contributed by atoms with van der Waals surface area (Å²) >= 11 is 6.20. The fourth-order valence-corrected chi connectivity index (χ4v) is 3.80. The maximum absolute atomic E-state index is 6.20. The van der Waals surface area contributed by atoms with Crippen molar-refractivity contribution in [2.75, 3.05) is 19.6 Å². The Morgan fingerprint density at radius 2 is 1.79 bits per heavy atom. The average Bonchev–Trinajstić information content (AvgIpc) is 3.07. The molecule has 0 spiro atoms. The van der Waals surface area contributed by atoms with Gasteiger partial charge >= 0.3 is 0 Å². The Bertz CT molecular complexity index is 419. The van der Waals surface area contributed by atoms with E-state index in [-0.39, 0.29) is 0 Å². The summed E-state index contributed by atoms with van der Waals surface area (Å²) in [6.07, 6.45) is 5.15. The molecular formula is C16H21ClO2. The smallest absolute Gasteiger partial charge is 0.119 e. The Labute approximate surface area is 120 Å². The topological polar surface area (TPSA) is 18.5 Å². The Balaban J connectivity index is 1.49. The van der Waals surface area contributed by atoms with E-state index in [1.165, 1.54) is 19.3 Å². The van der Waals surface area contributed by atoms with Gasteiger partial charge < -0.3 is 9.47 Å². The Hall–Kier alpha value is -0.890. The number of methoxy groups -OCH3 is 1. The maximum Gasteiger partial charge on any atom is 0.119 e. The third-order valence-corrected chi connectivity index (χ3v) is 5.27. The minimum atomic E-state index is 0.349. The van der Waals surface area contributed by atoms with E-state index in [1.54, 1.807) is 7.11 Å². The molecule has 1 aromatic carbocycles. The second-order valence-electron chi connectivity index (χ2n) is 6.07.